The Bertz CT molecular complexity index is 1780. The third kappa shape index (κ3) is 9.50. The van der Waals surface area contributed by atoms with Crippen LogP contribution in [0.25, 0.3) is 0 Å². The quantitative estimate of drug-likeness (QED) is 0.118. The predicted molar refractivity (Wildman–Crippen MR) is 187 cm³/mol. The average Bonchev–Trinajstić information content (AvgIpc) is 3.20. The first kappa shape index (κ1) is 43.0. The Balaban J connectivity index is 1.48. The lowest BCUT2D eigenvalue weighted by Gasteiger charge is -2.38. The molecule has 0 aromatic carbocycles. The average molecular weight is 777 g/mol. The van der Waals surface area contributed by atoms with Crippen molar-refractivity contribution in [3.05, 3.63) is 0 Å². The van der Waals surface area contributed by atoms with E-state index in [0.717, 1.165) is 0 Å². The first-order valence-corrected chi connectivity index (χ1v) is 17.5. The molecule has 0 spiro atoms. The molecule has 4 saturated heterocycles. The molecule has 0 unspecified atom stereocenters. The zero-order valence-corrected chi connectivity index (χ0v) is 29.4. The highest BCUT2D eigenvalue weighted by molar-refractivity contribution is 5.36. The molecule has 14 rings (SSSR count). The van der Waals surface area contributed by atoms with Gasteiger partial charge in [0.2, 0.25) is 0 Å². The van der Waals surface area contributed by atoms with Crippen molar-refractivity contribution in [3.63, 3.8) is 0 Å². The standard InChI is InChI=1S/C40H40O16/c41-17-29-21-9-1-2-10-22-30(18-42)54-26(38(50)34(22)46)14-6-4-12-24-32(20-44)56-28(40(52)36(24)48)16-8-7-15-27-39(51)35(47)23(31(19-43)55-27)11-3-5-13-25(53-29)37(49)33(21)45/h21-52H,17-20H2/t21-,22+,23-,24-,25-,26+,27-,28-,29-,30+,31-,32-,33+,34-,35+,36+,37+,38-,39+,40+/m1/s1. The van der Waals surface area contributed by atoms with Gasteiger partial charge < -0.3 is 80.2 Å². The van der Waals surface area contributed by atoms with E-state index in [4.69, 9.17) is 18.9 Å². The number of rotatable bonds is 4. The SMILES string of the molecule is OC[C@@H]1O[C@H]2C#CC#C[C@H]3[C@H](O)[C@@H](O)[C@@H](C#CC#C[C@H]4O[C@H](CO)[C@@H](C#CC#C[C@H]5O[C@H](CO)[C@@H](C#CC#C[C@@H]1[C@@H](O)[C@@H]2O)[C@H](O)[C@H]5O)[C@H](O)[C@H]4O)O[C@@H]3CO. The van der Waals surface area contributed by atoms with Gasteiger partial charge in [-0.3, -0.25) is 0 Å². The normalized spacial score (nSPS) is 44.1. The van der Waals surface area contributed by atoms with E-state index in [1.165, 1.54) is 0 Å². The van der Waals surface area contributed by atoms with Crippen LogP contribution < -0.4 is 0 Å². The van der Waals surface area contributed by atoms with E-state index < -0.39 is 148 Å². The van der Waals surface area contributed by atoms with Gasteiger partial charge in [0, 0.05) is 0 Å². The third-order valence-electron chi connectivity index (χ3n) is 9.78. The van der Waals surface area contributed by atoms with E-state index in [0.29, 0.717) is 0 Å². The highest BCUT2D eigenvalue weighted by Gasteiger charge is 2.46. The second kappa shape index (κ2) is 19.8. The van der Waals surface area contributed by atoms with Gasteiger partial charge in [-0.15, -0.1) is 0 Å². The first-order chi connectivity index (χ1) is 26.9. The summed E-state index contributed by atoms with van der Waals surface area (Å²) in [4.78, 5) is 0. The van der Waals surface area contributed by atoms with Crippen molar-refractivity contribution in [2.75, 3.05) is 26.4 Å². The molecule has 16 nitrogen and oxygen atoms in total. The highest BCUT2D eigenvalue weighted by atomic mass is 16.5. The Hall–Kier alpha value is -4.16. The Morgan fingerprint density at radius 1 is 0.268 bits per heavy atom. The predicted octanol–water partition coefficient (Wildman–Crippen LogP) is -7.58. The molecule has 8 bridgehead atoms. The molecule has 0 amide bonds. The topological polar surface area (TPSA) is 280 Å². The minimum absolute atomic E-state index is 0.639. The first-order valence-electron chi connectivity index (χ1n) is 17.5. The Labute approximate surface area is 322 Å². The van der Waals surface area contributed by atoms with E-state index >= 15 is 0 Å². The number of hydrogen-bond donors (Lipinski definition) is 12. The van der Waals surface area contributed by atoms with Crippen LogP contribution in [0.4, 0.5) is 0 Å². The Morgan fingerprint density at radius 2 is 0.446 bits per heavy atom. The summed E-state index contributed by atoms with van der Waals surface area (Å²) in [5, 5.41) is 126. The largest absolute Gasteiger partial charge is 0.394 e. The van der Waals surface area contributed by atoms with Crippen LogP contribution >= 0.6 is 0 Å². The Kier molecular flexibility index (Phi) is 15.2. The molecule has 14 aliphatic heterocycles. The van der Waals surface area contributed by atoms with Crippen LogP contribution in [0.15, 0.2) is 0 Å². The monoisotopic (exact) mass is 776 g/mol. The summed E-state index contributed by atoms with van der Waals surface area (Å²) in [6.45, 7) is -2.56. The van der Waals surface area contributed by atoms with E-state index in [1.54, 1.807) is 0 Å². The molecule has 12 N–H and O–H groups in total. The molecule has 0 saturated carbocycles. The van der Waals surface area contributed by atoms with Crippen LogP contribution in [0, 0.1) is 118 Å². The van der Waals surface area contributed by atoms with Crippen molar-refractivity contribution in [3.8, 4) is 94.7 Å². The fourth-order valence-corrected chi connectivity index (χ4v) is 6.58. The van der Waals surface area contributed by atoms with Gasteiger partial charge in [-0.05, 0) is 47.4 Å². The van der Waals surface area contributed by atoms with Gasteiger partial charge in [-0.1, -0.05) is 47.4 Å². The van der Waals surface area contributed by atoms with Crippen molar-refractivity contribution in [2.45, 2.75) is 97.7 Å². The molecule has 296 valence electrons. The zero-order valence-electron chi connectivity index (χ0n) is 29.4. The summed E-state index contributed by atoms with van der Waals surface area (Å²) in [5.41, 5.74) is 0. The summed E-state index contributed by atoms with van der Waals surface area (Å²) >= 11 is 0. The minimum Gasteiger partial charge on any atom is -0.394 e. The number of ether oxygens (including phenoxy) is 4. The molecule has 56 heavy (non-hydrogen) atoms. The van der Waals surface area contributed by atoms with Crippen LogP contribution in [-0.2, 0) is 18.9 Å². The van der Waals surface area contributed by atoms with Crippen molar-refractivity contribution in [2.24, 2.45) is 23.7 Å². The third-order valence-corrected chi connectivity index (χ3v) is 9.78. The lowest BCUT2D eigenvalue weighted by atomic mass is 9.86. The Morgan fingerprint density at radius 3 is 0.625 bits per heavy atom. The van der Waals surface area contributed by atoms with E-state index in [9.17, 15) is 61.3 Å². The summed E-state index contributed by atoms with van der Waals surface area (Å²) in [6, 6.07) is 0. The molecule has 4 fully saturated rings. The molecule has 20 atom stereocenters. The molecule has 16 heteroatoms. The second-order valence-electron chi connectivity index (χ2n) is 13.3. The number of aliphatic hydroxyl groups excluding tert-OH is 12. The van der Waals surface area contributed by atoms with Crippen molar-refractivity contribution >= 4 is 0 Å². The van der Waals surface area contributed by atoms with Crippen molar-refractivity contribution in [1.29, 1.82) is 0 Å². The van der Waals surface area contributed by atoms with Gasteiger partial charge >= 0.3 is 0 Å². The summed E-state index contributed by atoms with van der Waals surface area (Å²) in [5.74, 6) is 35.4. The minimum atomic E-state index is -1.62. The summed E-state index contributed by atoms with van der Waals surface area (Å²) < 4.78 is 22.6. The molecule has 0 radical (unpaired) electrons. The van der Waals surface area contributed by atoms with Crippen LogP contribution in [0.1, 0.15) is 0 Å². The summed E-state index contributed by atoms with van der Waals surface area (Å²) in [6.07, 6.45) is -22.7. The molecule has 14 heterocycles. The molecule has 14 aliphatic rings. The number of aliphatic hydroxyl groups is 12. The van der Waals surface area contributed by atoms with E-state index in [-0.39, 0.29) is 0 Å². The molecular weight excluding hydrogens is 736 g/mol. The fraction of sp³-hybridized carbons (Fsp3) is 0.600. The van der Waals surface area contributed by atoms with Crippen LogP contribution in [0.2, 0.25) is 0 Å². The van der Waals surface area contributed by atoms with Gasteiger partial charge in [0.15, 0.2) is 0 Å². The molecule has 0 aliphatic carbocycles. The summed E-state index contributed by atoms with van der Waals surface area (Å²) in [7, 11) is 0. The maximum atomic E-state index is 10.8. The second-order valence-corrected chi connectivity index (χ2v) is 13.3. The van der Waals surface area contributed by atoms with Gasteiger partial charge in [0.1, 0.15) is 48.8 Å². The smallest absolute Gasteiger partial charge is 0.148 e. The van der Waals surface area contributed by atoms with Gasteiger partial charge in [0.25, 0.3) is 0 Å². The van der Waals surface area contributed by atoms with Gasteiger partial charge in [-0.25, -0.2) is 0 Å². The van der Waals surface area contributed by atoms with Gasteiger partial charge in [0.05, 0.1) is 98.9 Å². The van der Waals surface area contributed by atoms with Crippen molar-refractivity contribution < 1.29 is 80.2 Å². The molecule has 0 aromatic rings. The highest BCUT2D eigenvalue weighted by Crippen LogP contribution is 2.29. The molecule has 0 aromatic heterocycles. The zero-order chi connectivity index (χ0) is 40.5. The van der Waals surface area contributed by atoms with Crippen LogP contribution in [0.3, 0.4) is 0 Å². The maximum Gasteiger partial charge on any atom is 0.148 e. The van der Waals surface area contributed by atoms with Crippen molar-refractivity contribution in [1.82, 2.24) is 0 Å². The van der Waals surface area contributed by atoms with Crippen LogP contribution in [-0.4, -0.2) is 185 Å². The molecular formula is C40H40O16. The number of hydrogen-bond acceptors (Lipinski definition) is 16. The van der Waals surface area contributed by atoms with E-state index in [1.807, 2.05) is 0 Å². The maximum absolute atomic E-state index is 10.8. The van der Waals surface area contributed by atoms with E-state index in [2.05, 4.69) is 94.7 Å². The lowest BCUT2D eigenvalue weighted by molar-refractivity contribution is -0.177. The van der Waals surface area contributed by atoms with Gasteiger partial charge in [-0.2, -0.15) is 0 Å². The van der Waals surface area contributed by atoms with Crippen LogP contribution in [0.5, 0.6) is 0 Å². The fourth-order valence-electron chi connectivity index (χ4n) is 6.58. The lowest BCUT2D eigenvalue weighted by Crippen LogP contribution is -2.54.